The molecule has 134 valence electrons. The molecule has 0 aromatic heterocycles. The Hall–Kier alpha value is -1.86. The van der Waals surface area contributed by atoms with Crippen LogP contribution >= 0.6 is 15.9 Å². The molecule has 0 atom stereocenters. The molecule has 0 aliphatic carbocycles. The molecule has 0 unspecified atom stereocenters. The number of anilines is 1. The average Bonchev–Trinajstić information content (AvgIpc) is 2.59. The fraction of sp³-hybridized carbons (Fsp3) is 0.278. The lowest BCUT2D eigenvalue weighted by molar-refractivity contribution is -0.119. The minimum atomic E-state index is -3.84. The summed E-state index contributed by atoms with van der Waals surface area (Å²) in [5.41, 5.74) is 0.437. The van der Waals surface area contributed by atoms with Gasteiger partial charge in [-0.2, -0.15) is 0 Å². The summed E-state index contributed by atoms with van der Waals surface area (Å²) in [6.45, 7) is 4.19. The normalized spacial score (nSPS) is 11.4. The number of carbonyl (C=O) groups excluding carboxylic acids is 1. The smallest absolute Gasteiger partial charge is 0.264 e. The number of carbonyl (C=O) groups is 1. The van der Waals surface area contributed by atoms with Gasteiger partial charge in [-0.3, -0.25) is 9.10 Å². The summed E-state index contributed by atoms with van der Waals surface area (Å²) in [6.07, 6.45) is 0. The van der Waals surface area contributed by atoms with Crippen LogP contribution in [0.5, 0.6) is 0 Å². The molecule has 2 aromatic carbocycles. The molecule has 0 aliphatic heterocycles. The Morgan fingerprint density at radius 3 is 2.24 bits per heavy atom. The van der Waals surface area contributed by atoms with E-state index >= 15 is 0 Å². The Morgan fingerprint density at radius 2 is 1.68 bits per heavy atom. The summed E-state index contributed by atoms with van der Waals surface area (Å²) in [6, 6.07) is 14.9. The van der Waals surface area contributed by atoms with Gasteiger partial charge in [-0.25, -0.2) is 8.42 Å². The number of benzene rings is 2. The second-order valence-corrected chi connectivity index (χ2v) is 8.78. The lowest BCUT2D eigenvalue weighted by Crippen LogP contribution is -2.41. The highest BCUT2D eigenvalue weighted by Crippen LogP contribution is 2.25. The van der Waals surface area contributed by atoms with Gasteiger partial charge in [0.25, 0.3) is 10.0 Å². The molecular weight excluding hydrogens is 404 g/mol. The van der Waals surface area contributed by atoms with Gasteiger partial charge in [0.15, 0.2) is 0 Å². The zero-order valence-corrected chi connectivity index (χ0v) is 16.5. The molecule has 0 saturated heterocycles. The standard InChI is InChI=1S/C18H21BrN2O3S/c1-14(2)12-20-18(22)13-21(16-10-8-15(19)9-11-16)25(23,24)17-6-4-3-5-7-17/h3-11,14H,12-13H2,1-2H3,(H,20,22). The molecule has 0 bridgehead atoms. The molecule has 2 rings (SSSR count). The van der Waals surface area contributed by atoms with E-state index in [0.29, 0.717) is 12.2 Å². The fourth-order valence-electron chi connectivity index (χ4n) is 2.15. The van der Waals surface area contributed by atoms with E-state index in [1.54, 1.807) is 42.5 Å². The van der Waals surface area contributed by atoms with Crippen molar-refractivity contribution in [2.75, 3.05) is 17.4 Å². The molecule has 0 fully saturated rings. The molecule has 5 nitrogen and oxygen atoms in total. The zero-order valence-electron chi connectivity index (χ0n) is 14.1. The van der Waals surface area contributed by atoms with Crippen molar-refractivity contribution in [1.82, 2.24) is 5.32 Å². The minimum absolute atomic E-state index is 0.148. The molecule has 0 spiro atoms. The minimum Gasteiger partial charge on any atom is -0.354 e. The van der Waals surface area contributed by atoms with Crippen molar-refractivity contribution < 1.29 is 13.2 Å². The van der Waals surface area contributed by atoms with Crippen molar-refractivity contribution in [2.24, 2.45) is 5.92 Å². The molecule has 2 aromatic rings. The number of hydrogen-bond donors (Lipinski definition) is 1. The van der Waals surface area contributed by atoms with Gasteiger partial charge in [0.05, 0.1) is 10.6 Å². The van der Waals surface area contributed by atoms with E-state index in [9.17, 15) is 13.2 Å². The lowest BCUT2D eigenvalue weighted by atomic mass is 10.2. The molecule has 1 N–H and O–H groups in total. The predicted octanol–water partition coefficient (Wildman–Crippen LogP) is 3.42. The maximum absolute atomic E-state index is 13.0. The number of nitrogens with zero attached hydrogens (tertiary/aromatic N) is 1. The molecule has 25 heavy (non-hydrogen) atoms. The van der Waals surface area contributed by atoms with E-state index in [-0.39, 0.29) is 23.3 Å². The monoisotopic (exact) mass is 424 g/mol. The predicted molar refractivity (Wildman–Crippen MR) is 103 cm³/mol. The van der Waals surface area contributed by atoms with E-state index in [4.69, 9.17) is 0 Å². The molecule has 0 radical (unpaired) electrons. The third kappa shape index (κ3) is 5.31. The Kier molecular flexibility index (Phi) is 6.61. The molecule has 0 aliphatic rings. The summed E-state index contributed by atoms with van der Waals surface area (Å²) in [5.74, 6) is -0.0491. The maximum Gasteiger partial charge on any atom is 0.264 e. The average molecular weight is 425 g/mol. The highest BCUT2D eigenvalue weighted by Gasteiger charge is 2.27. The Morgan fingerprint density at radius 1 is 1.08 bits per heavy atom. The highest BCUT2D eigenvalue weighted by atomic mass is 79.9. The first-order chi connectivity index (χ1) is 11.8. The van der Waals surface area contributed by atoms with Crippen LogP contribution < -0.4 is 9.62 Å². The van der Waals surface area contributed by atoms with Crippen LogP contribution in [0.2, 0.25) is 0 Å². The Labute approximate surface area is 157 Å². The molecule has 0 heterocycles. The van der Waals surface area contributed by atoms with Gasteiger partial charge in [-0.15, -0.1) is 0 Å². The van der Waals surface area contributed by atoms with Gasteiger partial charge in [0.1, 0.15) is 6.54 Å². The zero-order chi connectivity index (χ0) is 18.4. The number of halogens is 1. The summed E-state index contributed by atoms with van der Waals surface area (Å²) >= 11 is 3.33. The number of nitrogens with one attached hydrogen (secondary N) is 1. The van der Waals surface area contributed by atoms with Crippen molar-refractivity contribution in [3.63, 3.8) is 0 Å². The van der Waals surface area contributed by atoms with Crippen molar-refractivity contribution >= 4 is 37.5 Å². The summed E-state index contributed by atoms with van der Waals surface area (Å²) in [4.78, 5) is 12.4. The van der Waals surface area contributed by atoms with Crippen molar-refractivity contribution in [3.05, 3.63) is 59.1 Å². The van der Waals surface area contributed by atoms with E-state index in [2.05, 4.69) is 21.2 Å². The number of hydrogen-bond acceptors (Lipinski definition) is 3. The van der Waals surface area contributed by atoms with E-state index < -0.39 is 10.0 Å². The van der Waals surface area contributed by atoms with Gasteiger partial charge in [-0.05, 0) is 42.3 Å². The molecule has 7 heteroatoms. The van der Waals surface area contributed by atoms with Gasteiger partial charge in [0.2, 0.25) is 5.91 Å². The van der Waals surface area contributed by atoms with Gasteiger partial charge >= 0.3 is 0 Å². The third-order valence-electron chi connectivity index (χ3n) is 3.44. The van der Waals surface area contributed by atoms with Crippen LogP contribution in [0.15, 0.2) is 64.0 Å². The first-order valence-electron chi connectivity index (χ1n) is 7.91. The van der Waals surface area contributed by atoms with Crippen molar-refractivity contribution in [1.29, 1.82) is 0 Å². The molecule has 0 saturated carbocycles. The second kappa shape index (κ2) is 8.49. The topological polar surface area (TPSA) is 66.5 Å². The summed E-state index contributed by atoms with van der Waals surface area (Å²) in [5, 5.41) is 2.76. The van der Waals surface area contributed by atoms with Gasteiger partial charge < -0.3 is 5.32 Å². The van der Waals surface area contributed by atoms with Crippen LogP contribution in [0.4, 0.5) is 5.69 Å². The number of rotatable bonds is 7. The van der Waals surface area contributed by atoms with Gasteiger partial charge in [0, 0.05) is 11.0 Å². The van der Waals surface area contributed by atoms with Crippen molar-refractivity contribution in [3.8, 4) is 0 Å². The second-order valence-electron chi connectivity index (χ2n) is 6.00. The number of amides is 1. The van der Waals surface area contributed by atoms with Crippen molar-refractivity contribution in [2.45, 2.75) is 18.7 Å². The quantitative estimate of drug-likeness (QED) is 0.740. The first-order valence-corrected chi connectivity index (χ1v) is 10.1. The van der Waals surface area contributed by atoms with Crippen LogP contribution in [0, 0.1) is 5.92 Å². The maximum atomic E-state index is 13.0. The summed E-state index contributed by atoms with van der Waals surface area (Å²) in [7, 11) is -3.84. The Balaban J connectivity index is 2.35. The van der Waals surface area contributed by atoms with E-state index in [0.717, 1.165) is 8.78 Å². The highest BCUT2D eigenvalue weighted by molar-refractivity contribution is 9.10. The van der Waals surface area contributed by atoms with Gasteiger partial charge in [-0.1, -0.05) is 48.0 Å². The summed E-state index contributed by atoms with van der Waals surface area (Å²) < 4.78 is 28.0. The SMILES string of the molecule is CC(C)CNC(=O)CN(c1ccc(Br)cc1)S(=O)(=O)c1ccccc1. The molecular formula is C18H21BrN2O3S. The fourth-order valence-corrected chi connectivity index (χ4v) is 3.85. The van der Waals surface area contributed by atoms with E-state index in [1.165, 1.54) is 12.1 Å². The molecule has 1 amide bonds. The third-order valence-corrected chi connectivity index (χ3v) is 5.76. The van der Waals surface area contributed by atoms with E-state index in [1.807, 2.05) is 13.8 Å². The Bertz CT molecular complexity index is 806. The van der Waals surface area contributed by atoms with Crippen LogP contribution in [0.3, 0.4) is 0 Å². The van der Waals surface area contributed by atoms with Crippen LogP contribution in [-0.4, -0.2) is 27.4 Å². The van der Waals surface area contributed by atoms with Crippen LogP contribution in [0.1, 0.15) is 13.8 Å². The van der Waals surface area contributed by atoms with Crippen LogP contribution in [0.25, 0.3) is 0 Å². The van der Waals surface area contributed by atoms with Crippen LogP contribution in [-0.2, 0) is 14.8 Å². The lowest BCUT2D eigenvalue weighted by Gasteiger charge is -2.24. The number of sulfonamides is 1. The largest absolute Gasteiger partial charge is 0.354 e. The first kappa shape index (κ1) is 19.5.